The zero-order valence-corrected chi connectivity index (χ0v) is 24.3. The summed E-state index contributed by atoms with van der Waals surface area (Å²) in [5.74, 6) is 1.48. The van der Waals surface area contributed by atoms with Crippen LogP contribution in [-0.4, -0.2) is 70.0 Å². The Morgan fingerprint density at radius 2 is 1.90 bits per heavy atom. The Kier molecular flexibility index (Phi) is 7.30. The molecule has 0 unspecified atom stereocenters. The van der Waals surface area contributed by atoms with Gasteiger partial charge in [0, 0.05) is 30.9 Å². The highest BCUT2D eigenvalue weighted by molar-refractivity contribution is 6.03. The van der Waals surface area contributed by atoms with E-state index in [1.54, 1.807) is 6.20 Å². The summed E-state index contributed by atoms with van der Waals surface area (Å²) in [7, 11) is 2.13. The molecule has 2 aliphatic rings. The SMILES string of the molecule is Cc1ccc(OCCCNc2cc[nH]c(=O)c2-c2nc3c(C)c4c(cc3[nH]2)C(=O)N(C2CCN(C)CC2)C4)c(C)c1. The highest BCUT2D eigenvalue weighted by atomic mass is 16.5. The molecule has 214 valence electrons. The smallest absolute Gasteiger partial charge is 0.261 e. The van der Waals surface area contributed by atoms with Crippen molar-refractivity contribution in [1.82, 2.24) is 24.8 Å². The van der Waals surface area contributed by atoms with Crippen molar-refractivity contribution in [2.75, 3.05) is 38.6 Å². The number of benzene rings is 2. The second kappa shape index (κ2) is 11.0. The number of aromatic amines is 2. The average molecular weight is 555 g/mol. The fourth-order valence-corrected chi connectivity index (χ4v) is 6.16. The highest BCUT2D eigenvalue weighted by Gasteiger charge is 2.36. The summed E-state index contributed by atoms with van der Waals surface area (Å²) in [4.78, 5) is 41.8. The maximum Gasteiger partial charge on any atom is 0.261 e. The zero-order chi connectivity index (χ0) is 28.7. The number of anilines is 1. The molecule has 0 spiro atoms. The average Bonchev–Trinajstić information content (AvgIpc) is 3.52. The summed E-state index contributed by atoms with van der Waals surface area (Å²) in [5.41, 5.74) is 7.62. The number of nitrogens with one attached hydrogen (secondary N) is 3. The van der Waals surface area contributed by atoms with Gasteiger partial charge in [-0.1, -0.05) is 17.7 Å². The van der Waals surface area contributed by atoms with Gasteiger partial charge in [0.05, 0.1) is 23.3 Å². The first-order valence-corrected chi connectivity index (χ1v) is 14.5. The van der Waals surface area contributed by atoms with Crippen molar-refractivity contribution in [2.45, 2.75) is 52.6 Å². The Morgan fingerprint density at radius 3 is 2.68 bits per heavy atom. The second-order valence-electron chi connectivity index (χ2n) is 11.5. The van der Waals surface area contributed by atoms with E-state index in [4.69, 9.17) is 9.72 Å². The number of imidazole rings is 1. The summed E-state index contributed by atoms with van der Waals surface area (Å²) in [5, 5.41) is 3.39. The van der Waals surface area contributed by atoms with Crippen molar-refractivity contribution in [3.8, 4) is 17.1 Å². The van der Waals surface area contributed by atoms with Gasteiger partial charge in [-0.15, -0.1) is 0 Å². The van der Waals surface area contributed by atoms with E-state index in [0.29, 0.717) is 36.8 Å². The molecule has 0 atom stereocenters. The van der Waals surface area contributed by atoms with Crippen molar-refractivity contribution in [1.29, 1.82) is 0 Å². The predicted octanol–water partition coefficient (Wildman–Crippen LogP) is 4.77. The predicted molar refractivity (Wildman–Crippen MR) is 162 cm³/mol. The molecule has 0 bridgehead atoms. The van der Waals surface area contributed by atoms with Gasteiger partial charge in [-0.25, -0.2) is 4.98 Å². The zero-order valence-electron chi connectivity index (χ0n) is 24.3. The van der Waals surface area contributed by atoms with Crippen LogP contribution in [0, 0.1) is 20.8 Å². The molecule has 1 fully saturated rings. The number of nitrogens with zero attached hydrogens (tertiary/aromatic N) is 3. The maximum atomic E-state index is 13.5. The molecule has 0 aliphatic carbocycles. The van der Waals surface area contributed by atoms with Crippen LogP contribution in [0.25, 0.3) is 22.4 Å². The Bertz CT molecular complexity index is 1660. The third kappa shape index (κ3) is 5.22. The number of aromatic nitrogens is 3. The normalized spacial score (nSPS) is 16.0. The fourth-order valence-electron chi connectivity index (χ4n) is 6.16. The summed E-state index contributed by atoms with van der Waals surface area (Å²) in [6.45, 7) is 9.99. The molecular weight excluding hydrogens is 516 g/mol. The largest absolute Gasteiger partial charge is 0.493 e. The van der Waals surface area contributed by atoms with Gasteiger partial charge in [0.15, 0.2) is 0 Å². The van der Waals surface area contributed by atoms with Gasteiger partial charge in [-0.3, -0.25) is 9.59 Å². The summed E-state index contributed by atoms with van der Waals surface area (Å²) < 4.78 is 5.96. The van der Waals surface area contributed by atoms with Crippen LogP contribution in [-0.2, 0) is 6.54 Å². The topological polar surface area (TPSA) is 106 Å². The van der Waals surface area contributed by atoms with E-state index in [1.165, 1.54) is 5.56 Å². The van der Waals surface area contributed by atoms with Crippen LogP contribution in [0.5, 0.6) is 5.75 Å². The van der Waals surface area contributed by atoms with Gasteiger partial charge in [0.2, 0.25) is 0 Å². The number of carbonyl (C=O) groups excluding carboxylic acids is 1. The Labute approximate surface area is 239 Å². The quantitative estimate of drug-likeness (QED) is 0.271. The van der Waals surface area contributed by atoms with E-state index in [9.17, 15) is 9.59 Å². The van der Waals surface area contributed by atoms with Crippen LogP contribution in [0.1, 0.15) is 51.9 Å². The maximum absolute atomic E-state index is 13.5. The number of aryl methyl sites for hydroxylation is 3. The highest BCUT2D eigenvalue weighted by Crippen LogP contribution is 2.35. The molecular formula is C32H38N6O3. The van der Waals surface area contributed by atoms with Crippen LogP contribution >= 0.6 is 0 Å². The molecule has 3 N–H and O–H groups in total. The van der Waals surface area contributed by atoms with Crippen molar-refractivity contribution in [3.63, 3.8) is 0 Å². The molecule has 6 rings (SSSR count). The number of H-pyrrole nitrogens is 2. The van der Waals surface area contributed by atoms with Gasteiger partial charge in [0.1, 0.15) is 17.1 Å². The minimum atomic E-state index is -0.227. The van der Waals surface area contributed by atoms with Gasteiger partial charge in [-0.2, -0.15) is 0 Å². The number of amides is 1. The number of fused-ring (bicyclic) bond motifs is 2. The van der Waals surface area contributed by atoms with Crippen LogP contribution in [0.4, 0.5) is 5.69 Å². The first kappa shape index (κ1) is 27.1. The third-order valence-corrected chi connectivity index (χ3v) is 8.52. The Morgan fingerprint density at radius 1 is 1.10 bits per heavy atom. The first-order chi connectivity index (χ1) is 19.8. The fraction of sp³-hybridized carbons (Fsp3) is 0.406. The molecule has 0 radical (unpaired) electrons. The number of ether oxygens (including phenoxy) is 1. The molecule has 41 heavy (non-hydrogen) atoms. The van der Waals surface area contributed by atoms with Crippen molar-refractivity contribution in [3.05, 3.63) is 74.7 Å². The van der Waals surface area contributed by atoms with Crippen molar-refractivity contribution < 1.29 is 9.53 Å². The standard InChI is InChI=1S/C32H38N6O3/c1-19-6-7-27(20(2)16-19)41-15-5-11-33-25-8-12-34-31(39)28(25)30-35-26-17-23-24(21(3)29(26)36-30)18-38(32(23)40)22-9-13-37(4)14-10-22/h6-8,12,16-17,22H,5,9-11,13-15,18H2,1-4H3,(H,35,36)(H2,33,34,39). The number of hydrogen-bond acceptors (Lipinski definition) is 6. The van der Waals surface area contributed by atoms with E-state index in [1.807, 2.05) is 43.0 Å². The number of pyridine rings is 1. The van der Waals surface area contributed by atoms with E-state index in [2.05, 4.69) is 40.2 Å². The van der Waals surface area contributed by atoms with Crippen molar-refractivity contribution >= 4 is 22.6 Å². The number of likely N-dealkylation sites (tertiary alicyclic amines) is 1. The lowest BCUT2D eigenvalue weighted by Crippen LogP contribution is -2.43. The van der Waals surface area contributed by atoms with E-state index in [0.717, 1.165) is 71.4 Å². The number of piperidine rings is 1. The van der Waals surface area contributed by atoms with Gasteiger partial charge in [-0.05, 0) is 95.1 Å². The summed E-state index contributed by atoms with van der Waals surface area (Å²) in [6.07, 6.45) is 4.40. The minimum absolute atomic E-state index is 0.0960. The molecule has 2 aromatic heterocycles. The monoisotopic (exact) mass is 554 g/mol. The van der Waals surface area contributed by atoms with Crippen LogP contribution in [0.15, 0.2) is 41.3 Å². The Hall–Kier alpha value is -4.11. The lowest BCUT2D eigenvalue weighted by Gasteiger charge is -2.35. The lowest BCUT2D eigenvalue weighted by atomic mass is 10.0. The Balaban J connectivity index is 1.19. The minimum Gasteiger partial charge on any atom is -0.493 e. The second-order valence-corrected chi connectivity index (χ2v) is 11.5. The molecule has 2 aliphatic heterocycles. The van der Waals surface area contributed by atoms with Gasteiger partial charge >= 0.3 is 0 Å². The lowest BCUT2D eigenvalue weighted by molar-refractivity contribution is 0.0617. The number of carbonyl (C=O) groups is 1. The number of rotatable bonds is 8. The molecule has 4 heterocycles. The van der Waals surface area contributed by atoms with Gasteiger partial charge < -0.3 is 29.8 Å². The molecule has 1 saturated heterocycles. The van der Waals surface area contributed by atoms with Crippen molar-refractivity contribution in [2.24, 2.45) is 0 Å². The number of hydrogen-bond donors (Lipinski definition) is 3. The third-order valence-electron chi connectivity index (χ3n) is 8.52. The molecule has 0 saturated carbocycles. The first-order valence-electron chi connectivity index (χ1n) is 14.5. The summed E-state index contributed by atoms with van der Waals surface area (Å²) in [6, 6.07) is 10.2. The van der Waals surface area contributed by atoms with Gasteiger partial charge in [0.25, 0.3) is 11.5 Å². The molecule has 4 aromatic rings. The molecule has 9 nitrogen and oxygen atoms in total. The van der Waals surface area contributed by atoms with Crippen LogP contribution < -0.4 is 15.6 Å². The van der Waals surface area contributed by atoms with E-state index >= 15 is 0 Å². The molecule has 1 amide bonds. The van der Waals surface area contributed by atoms with E-state index < -0.39 is 0 Å². The molecule has 9 heteroatoms. The summed E-state index contributed by atoms with van der Waals surface area (Å²) >= 11 is 0. The molecule has 2 aromatic carbocycles. The van der Waals surface area contributed by atoms with Crippen LogP contribution in [0.2, 0.25) is 0 Å². The van der Waals surface area contributed by atoms with E-state index in [-0.39, 0.29) is 17.5 Å². The van der Waals surface area contributed by atoms with Crippen LogP contribution in [0.3, 0.4) is 0 Å².